The zero-order valence-corrected chi connectivity index (χ0v) is 19.1. The number of nitrogens with one attached hydrogen (secondary N) is 1. The molecule has 1 aliphatic rings. The second-order valence-electron chi connectivity index (χ2n) is 8.66. The number of aliphatic hydroxyl groups excluding tert-OH is 2. The summed E-state index contributed by atoms with van der Waals surface area (Å²) in [4.78, 5) is 30.1. The predicted octanol–water partition coefficient (Wildman–Crippen LogP) is 0.187. The molecule has 0 aromatic heterocycles. The van der Waals surface area contributed by atoms with E-state index in [0.29, 0.717) is 18.7 Å². The van der Waals surface area contributed by atoms with Crippen molar-refractivity contribution in [3.05, 3.63) is 35.4 Å². The smallest absolute Gasteiger partial charge is 0.251 e. The van der Waals surface area contributed by atoms with Gasteiger partial charge in [-0.1, -0.05) is 12.1 Å². The van der Waals surface area contributed by atoms with Crippen molar-refractivity contribution in [3.8, 4) is 0 Å². The molecule has 174 valence electrons. The summed E-state index contributed by atoms with van der Waals surface area (Å²) in [5.41, 5.74) is 1.66. The number of aliphatic hydroxyl groups is 2. The number of ketones is 1. The SMILES string of the molecule is CC(=O)CNC(=O)c1ccc(CN2CCN(C[C@H](C)O)CCN(C[C@H](C)O)CC2)cc1. The van der Waals surface area contributed by atoms with Crippen LogP contribution in [-0.4, -0.2) is 108 Å². The Balaban J connectivity index is 2.00. The van der Waals surface area contributed by atoms with E-state index in [9.17, 15) is 19.8 Å². The zero-order chi connectivity index (χ0) is 22.8. The zero-order valence-electron chi connectivity index (χ0n) is 19.1. The van der Waals surface area contributed by atoms with Crippen LogP contribution in [-0.2, 0) is 11.3 Å². The summed E-state index contributed by atoms with van der Waals surface area (Å²) < 4.78 is 0. The van der Waals surface area contributed by atoms with Gasteiger partial charge in [-0.15, -0.1) is 0 Å². The van der Waals surface area contributed by atoms with E-state index >= 15 is 0 Å². The number of β-amino-alcohol motifs (C(OH)–C–C–N with tert-alkyl or cyclic N) is 2. The van der Waals surface area contributed by atoms with Gasteiger partial charge in [-0.3, -0.25) is 24.3 Å². The van der Waals surface area contributed by atoms with Crippen LogP contribution in [0.4, 0.5) is 0 Å². The first-order chi connectivity index (χ1) is 14.7. The fourth-order valence-corrected chi connectivity index (χ4v) is 3.78. The summed E-state index contributed by atoms with van der Waals surface area (Å²) in [5.74, 6) is -0.320. The van der Waals surface area contributed by atoms with Gasteiger partial charge < -0.3 is 15.5 Å². The Morgan fingerprint density at radius 2 is 1.32 bits per heavy atom. The van der Waals surface area contributed by atoms with Crippen LogP contribution in [0.1, 0.15) is 36.7 Å². The van der Waals surface area contributed by atoms with Crippen molar-refractivity contribution in [3.63, 3.8) is 0 Å². The van der Waals surface area contributed by atoms with Crippen molar-refractivity contribution in [2.24, 2.45) is 0 Å². The molecule has 0 spiro atoms. The highest BCUT2D eigenvalue weighted by molar-refractivity contribution is 5.96. The van der Waals surface area contributed by atoms with Crippen molar-refractivity contribution in [2.45, 2.75) is 39.5 Å². The molecule has 1 saturated heterocycles. The first kappa shape index (κ1) is 25.4. The lowest BCUT2D eigenvalue weighted by Gasteiger charge is -2.27. The van der Waals surface area contributed by atoms with Gasteiger partial charge in [-0.2, -0.15) is 0 Å². The minimum atomic E-state index is -0.374. The molecule has 0 bridgehead atoms. The van der Waals surface area contributed by atoms with Crippen LogP contribution in [0.15, 0.2) is 24.3 Å². The van der Waals surface area contributed by atoms with Crippen LogP contribution in [0.2, 0.25) is 0 Å². The molecular weight excluding hydrogens is 396 g/mol. The largest absolute Gasteiger partial charge is 0.392 e. The van der Waals surface area contributed by atoms with Crippen LogP contribution >= 0.6 is 0 Å². The molecule has 2 atom stereocenters. The van der Waals surface area contributed by atoms with Crippen molar-refractivity contribution < 1.29 is 19.8 Å². The van der Waals surface area contributed by atoms with Gasteiger partial charge in [0.2, 0.25) is 0 Å². The summed E-state index contributed by atoms with van der Waals surface area (Å²) in [5, 5.41) is 22.3. The van der Waals surface area contributed by atoms with E-state index in [0.717, 1.165) is 51.4 Å². The van der Waals surface area contributed by atoms with Crippen molar-refractivity contribution >= 4 is 11.7 Å². The molecule has 0 saturated carbocycles. The van der Waals surface area contributed by atoms with E-state index in [1.54, 1.807) is 12.1 Å². The normalized spacial score (nSPS) is 19.1. The molecule has 1 aliphatic heterocycles. The number of carbonyl (C=O) groups excluding carboxylic acids is 2. The van der Waals surface area contributed by atoms with E-state index in [2.05, 4.69) is 20.0 Å². The quantitative estimate of drug-likeness (QED) is 0.510. The van der Waals surface area contributed by atoms with Crippen LogP contribution in [0.5, 0.6) is 0 Å². The summed E-state index contributed by atoms with van der Waals surface area (Å²) >= 11 is 0. The second-order valence-corrected chi connectivity index (χ2v) is 8.66. The Kier molecular flexibility index (Phi) is 10.6. The van der Waals surface area contributed by atoms with Crippen LogP contribution in [0.3, 0.4) is 0 Å². The van der Waals surface area contributed by atoms with Gasteiger partial charge in [0.05, 0.1) is 18.8 Å². The molecule has 2 rings (SSSR count). The Morgan fingerprint density at radius 1 is 0.871 bits per heavy atom. The first-order valence-corrected chi connectivity index (χ1v) is 11.1. The van der Waals surface area contributed by atoms with Crippen LogP contribution in [0.25, 0.3) is 0 Å². The topological polar surface area (TPSA) is 96.4 Å². The number of hydrogen-bond donors (Lipinski definition) is 3. The Morgan fingerprint density at radius 3 is 1.74 bits per heavy atom. The molecule has 3 N–H and O–H groups in total. The fraction of sp³-hybridized carbons (Fsp3) is 0.652. The third-order valence-electron chi connectivity index (χ3n) is 5.36. The highest BCUT2D eigenvalue weighted by Crippen LogP contribution is 2.10. The number of benzene rings is 1. The van der Waals surface area contributed by atoms with Gasteiger partial charge in [-0.25, -0.2) is 0 Å². The van der Waals surface area contributed by atoms with Crippen molar-refractivity contribution in [1.82, 2.24) is 20.0 Å². The van der Waals surface area contributed by atoms with Gasteiger partial charge >= 0.3 is 0 Å². The van der Waals surface area contributed by atoms with Gasteiger partial charge in [-0.05, 0) is 38.5 Å². The Bertz CT molecular complexity index is 671. The number of rotatable bonds is 9. The lowest BCUT2D eigenvalue weighted by atomic mass is 10.1. The minimum Gasteiger partial charge on any atom is -0.392 e. The van der Waals surface area contributed by atoms with E-state index in [1.165, 1.54) is 6.92 Å². The summed E-state index contributed by atoms with van der Waals surface area (Å²) in [6, 6.07) is 7.49. The molecule has 31 heavy (non-hydrogen) atoms. The number of hydrogen-bond acceptors (Lipinski definition) is 7. The summed E-state index contributed by atoms with van der Waals surface area (Å²) in [7, 11) is 0. The van der Waals surface area contributed by atoms with Gasteiger partial charge in [0.1, 0.15) is 5.78 Å². The third-order valence-corrected chi connectivity index (χ3v) is 5.36. The number of amides is 1. The standard InChI is InChI=1S/C23H38N4O4/c1-18(28)14-24-23(31)22-6-4-21(5-7-22)17-27-12-10-25(15-19(2)29)8-9-26(11-13-27)16-20(3)30/h4-7,19-20,29-30H,8-17H2,1-3H3,(H,24,31)/t19-,20-/m0/s1. The first-order valence-electron chi connectivity index (χ1n) is 11.1. The molecule has 1 aromatic rings. The van der Waals surface area contributed by atoms with Gasteiger partial charge in [0, 0.05) is 64.5 Å². The second kappa shape index (κ2) is 12.9. The number of nitrogens with zero attached hydrogens (tertiary/aromatic N) is 3. The molecule has 0 radical (unpaired) electrons. The summed E-state index contributed by atoms with van der Waals surface area (Å²) in [6.45, 7) is 12.4. The molecule has 1 fully saturated rings. The van der Waals surface area contributed by atoms with E-state index < -0.39 is 0 Å². The maximum absolute atomic E-state index is 12.1. The number of Topliss-reactive ketones (excluding diaryl/α,β-unsaturated/α-hetero) is 1. The molecule has 1 heterocycles. The molecule has 1 amide bonds. The Hall–Kier alpha value is -1.84. The van der Waals surface area contributed by atoms with Crippen LogP contribution in [0, 0.1) is 0 Å². The highest BCUT2D eigenvalue weighted by atomic mass is 16.3. The van der Waals surface area contributed by atoms with Crippen molar-refractivity contribution in [1.29, 1.82) is 0 Å². The molecule has 8 heteroatoms. The van der Waals surface area contributed by atoms with E-state index in [1.807, 2.05) is 26.0 Å². The number of carbonyl (C=O) groups is 2. The highest BCUT2D eigenvalue weighted by Gasteiger charge is 2.18. The average molecular weight is 435 g/mol. The average Bonchev–Trinajstić information content (AvgIpc) is 2.78. The van der Waals surface area contributed by atoms with Gasteiger partial charge in [0.25, 0.3) is 5.91 Å². The molecule has 8 nitrogen and oxygen atoms in total. The lowest BCUT2D eigenvalue weighted by Crippen LogP contribution is -2.41. The minimum absolute atomic E-state index is 0.0419. The lowest BCUT2D eigenvalue weighted by molar-refractivity contribution is -0.116. The monoisotopic (exact) mass is 434 g/mol. The van der Waals surface area contributed by atoms with Crippen molar-refractivity contribution in [2.75, 3.05) is 58.9 Å². The van der Waals surface area contributed by atoms with Gasteiger partial charge in [0.15, 0.2) is 0 Å². The molecular formula is C23H38N4O4. The molecule has 1 aromatic carbocycles. The van der Waals surface area contributed by atoms with Crippen LogP contribution < -0.4 is 5.32 Å². The molecule has 0 aliphatic carbocycles. The van der Waals surface area contributed by atoms with E-state index in [-0.39, 0.29) is 30.4 Å². The molecule has 0 unspecified atom stereocenters. The fourth-order valence-electron chi connectivity index (χ4n) is 3.78. The maximum atomic E-state index is 12.1. The third kappa shape index (κ3) is 9.88. The Labute approximate surface area is 185 Å². The summed E-state index contributed by atoms with van der Waals surface area (Å²) in [6.07, 6.45) is -0.748. The maximum Gasteiger partial charge on any atom is 0.251 e. The predicted molar refractivity (Wildman–Crippen MR) is 121 cm³/mol. The van der Waals surface area contributed by atoms with E-state index in [4.69, 9.17) is 0 Å².